The Morgan fingerprint density at radius 3 is 2.76 bits per heavy atom. The first-order valence-corrected chi connectivity index (χ1v) is 7.30. The van der Waals surface area contributed by atoms with Crippen molar-refractivity contribution >= 4 is 39.6 Å². The summed E-state index contributed by atoms with van der Waals surface area (Å²) in [5.41, 5.74) is 1.55. The van der Waals surface area contributed by atoms with Gasteiger partial charge in [0, 0.05) is 26.7 Å². The van der Waals surface area contributed by atoms with Crippen molar-refractivity contribution in [2.75, 3.05) is 0 Å². The first-order chi connectivity index (χ1) is 10.1. The Bertz CT molecular complexity index is 683. The van der Waals surface area contributed by atoms with E-state index in [1.807, 2.05) is 24.3 Å². The molecule has 0 radical (unpaired) electrons. The highest BCUT2D eigenvalue weighted by Gasteiger charge is 2.05. The van der Waals surface area contributed by atoms with Gasteiger partial charge in [-0.15, -0.1) is 0 Å². The van der Waals surface area contributed by atoms with Gasteiger partial charge in [0.2, 0.25) is 0 Å². The van der Waals surface area contributed by atoms with Crippen LogP contribution in [0.25, 0.3) is 6.08 Å². The average Bonchev–Trinajstić information content (AvgIpc) is 2.45. The standard InChI is InChI=1S/C16H12BrClO3/c17-13-6-7-15(11(9-13)5-8-16(19)20)21-10-12-3-1-2-4-14(12)18/h1-9H,10H2,(H,19,20)/b8-5+. The summed E-state index contributed by atoms with van der Waals surface area (Å²) in [6, 6.07) is 12.8. The maximum absolute atomic E-state index is 10.6. The molecule has 2 aromatic rings. The summed E-state index contributed by atoms with van der Waals surface area (Å²) < 4.78 is 6.59. The number of carboxylic acids is 1. The molecule has 2 aromatic carbocycles. The van der Waals surface area contributed by atoms with Crippen molar-refractivity contribution in [2.45, 2.75) is 6.61 Å². The molecule has 0 aliphatic rings. The molecule has 2 rings (SSSR count). The lowest BCUT2D eigenvalue weighted by molar-refractivity contribution is -0.131. The van der Waals surface area contributed by atoms with Gasteiger partial charge in [-0.1, -0.05) is 45.7 Å². The van der Waals surface area contributed by atoms with E-state index < -0.39 is 5.97 Å². The van der Waals surface area contributed by atoms with Gasteiger partial charge in [-0.3, -0.25) is 0 Å². The van der Waals surface area contributed by atoms with Crippen LogP contribution in [0.1, 0.15) is 11.1 Å². The van der Waals surface area contributed by atoms with Gasteiger partial charge in [0.15, 0.2) is 0 Å². The molecule has 0 aliphatic heterocycles. The highest BCUT2D eigenvalue weighted by Crippen LogP contribution is 2.26. The minimum absolute atomic E-state index is 0.315. The van der Waals surface area contributed by atoms with Crippen LogP contribution in [0.3, 0.4) is 0 Å². The van der Waals surface area contributed by atoms with E-state index in [1.165, 1.54) is 6.08 Å². The smallest absolute Gasteiger partial charge is 0.328 e. The number of ether oxygens (including phenoxy) is 1. The Hall–Kier alpha value is -1.78. The summed E-state index contributed by atoms with van der Waals surface area (Å²) in [6.45, 7) is 0.315. The summed E-state index contributed by atoms with van der Waals surface area (Å²) in [5.74, 6) is -0.414. The molecule has 0 aromatic heterocycles. The summed E-state index contributed by atoms with van der Waals surface area (Å²) in [4.78, 5) is 10.6. The van der Waals surface area contributed by atoms with Gasteiger partial charge >= 0.3 is 5.97 Å². The minimum atomic E-state index is -1.01. The monoisotopic (exact) mass is 366 g/mol. The van der Waals surface area contributed by atoms with Gasteiger partial charge in [-0.25, -0.2) is 4.79 Å². The van der Waals surface area contributed by atoms with Crippen molar-refractivity contribution in [3.8, 4) is 5.75 Å². The molecule has 0 spiro atoms. The highest BCUT2D eigenvalue weighted by atomic mass is 79.9. The molecule has 0 aliphatic carbocycles. The van der Waals surface area contributed by atoms with E-state index in [4.69, 9.17) is 21.4 Å². The van der Waals surface area contributed by atoms with E-state index in [1.54, 1.807) is 18.2 Å². The summed E-state index contributed by atoms with van der Waals surface area (Å²) in [6.07, 6.45) is 2.57. The van der Waals surface area contributed by atoms with E-state index in [2.05, 4.69) is 15.9 Å². The van der Waals surface area contributed by atoms with Crippen molar-refractivity contribution in [2.24, 2.45) is 0 Å². The Morgan fingerprint density at radius 1 is 1.29 bits per heavy atom. The van der Waals surface area contributed by atoms with Crippen LogP contribution in [0.2, 0.25) is 5.02 Å². The molecular formula is C16H12BrClO3. The van der Waals surface area contributed by atoms with E-state index in [9.17, 15) is 4.79 Å². The van der Waals surface area contributed by atoms with Crippen LogP contribution in [0.15, 0.2) is 53.0 Å². The molecule has 0 unspecified atom stereocenters. The molecule has 3 nitrogen and oxygen atoms in total. The third-order valence-corrected chi connectivity index (χ3v) is 3.58. The largest absolute Gasteiger partial charge is 0.488 e. The predicted octanol–water partition coefficient (Wildman–Crippen LogP) is 4.78. The predicted molar refractivity (Wildman–Crippen MR) is 86.6 cm³/mol. The fourth-order valence-corrected chi connectivity index (χ4v) is 2.28. The van der Waals surface area contributed by atoms with E-state index in [-0.39, 0.29) is 0 Å². The number of rotatable bonds is 5. The lowest BCUT2D eigenvalue weighted by atomic mass is 10.2. The van der Waals surface area contributed by atoms with E-state index in [0.29, 0.717) is 22.9 Å². The number of carboxylic acid groups (broad SMARTS) is 1. The quantitative estimate of drug-likeness (QED) is 0.774. The SMILES string of the molecule is O=C(O)/C=C/c1cc(Br)ccc1OCc1ccccc1Cl. The van der Waals surface area contributed by atoms with Crippen molar-refractivity contribution < 1.29 is 14.6 Å². The van der Waals surface area contributed by atoms with Crippen LogP contribution in [0.5, 0.6) is 5.75 Å². The van der Waals surface area contributed by atoms with Crippen LogP contribution in [0.4, 0.5) is 0 Å². The Labute approximate surface area is 135 Å². The Balaban J connectivity index is 2.20. The maximum atomic E-state index is 10.6. The number of aliphatic carboxylic acids is 1. The number of carbonyl (C=O) groups is 1. The van der Waals surface area contributed by atoms with Crippen LogP contribution in [-0.4, -0.2) is 11.1 Å². The van der Waals surface area contributed by atoms with Gasteiger partial charge in [0.05, 0.1) is 0 Å². The third kappa shape index (κ3) is 4.62. The first-order valence-electron chi connectivity index (χ1n) is 6.13. The molecule has 0 saturated carbocycles. The number of hydrogen-bond donors (Lipinski definition) is 1. The lowest BCUT2D eigenvalue weighted by Crippen LogP contribution is -1.98. The van der Waals surface area contributed by atoms with E-state index >= 15 is 0 Å². The highest BCUT2D eigenvalue weighted by molar-refractivity contribution is 9.10. The van der Waals surface area contributed by atoms with Crippen molar-refractivity contribution in [3.05, 3.63) is 69.2 Å². The molecule has 21 heavy (non-hydrogen) atoms. The first kappa shape index (κ1) is 15.6. The maximum Gasteiger partial charge on any atom is 0.328 e. The second-order valence-electron chi connectivity index (χ2n) is 4.23. The molecule has 0 fully saturated rings. The molecule has 108 valence electrons. The number of benzene rings is 2. The van der Waals surface area contributed by atoms with E-state index in [0.717, 1.165) is 16.1 Å². The zero-order valence-corrected chi connectivity index (χ0v) is 13.3. The number of hydrogen-bond acceptors (Lipinski definition) is 2. The van der Waals surface area contributed by atoms with Gasteiger partial charge in [-0.2, -0.15) is 0 Å². The summed E-state index contributed by atoms with van der Waals surface area (Å²) in [7, 11) is 0. The minimum Gasteiger partial charge on any atom is -0.488 e. The average molecular weight is 368 g/mol. The van der Waals surface area contributed by atoms with Crippen LogP contribution in [-0.2, 0) is 11.4 Å². The fraction of sp³-hybridized carbons (Fsp3) is 0.0625. The fourth-order valence-electron chi connectivity index (χ4n) is 1.71. The van der Waals surface area contributed by atoms with Crippen LogP contribution >= 0.6 is 27.5 Å². The van der Waals surface area contributed by atoms with Gasteiger partial charge < -0.3 is 9.84 Å². The Morgan fingerprint density at radius 2 is 2.05 bits per heavy atom. The summed E-state index contributed by atoms with van der Waals surface area (Å²) >= 11 is 9.43. The molecule has 0 bridgehead atoms. The number of halogens is 2. The van der Waals surface area contributed by atoms with Gasteiger partial charge in [0.1, 0.15) is 12.4 Å². The molecule has 0 atom stereocenters. The molecule has 1 N–H and O–H groups in total. The van der Waals surface area contributed by atoms with Gasteiger partial charge in [0.25, 0.3) is 0 Å². The lowest BCUT2D eigenvalue weighted by Gasteiger charge is -2.10. The van der Waals surface area contributed by atoms with Crippen LogP contribution in [0, 0.1) is 0 Å². The molecule has 0 amide bonds. The second kappa shape index (κ2) is 7.29. The van der Waals surface area contributed by atoms with Gasteiger partial charge in [-0.05, 0) is 30.3 Å². The zero-order chi connectivity index (χ0) is 15.2. The molecular weight excluding hydrogens is 356 g/mol. The normalized spacial score (nSPS) is 10.8. The Kier molecular flexibility index (Phi) is 5.42. The van der Waals surface area contributed by atoms with Crippen LogP contribution < -0.4 is 4.74 Å². The van der Waals surface area contributed by atoms with Crippen molar-refractivity contribution in [1.82, 2.24) is 0 Å². The van der Waals surface area contributed by atoms with Crippen molar-refractivity contribution in [1.29, 1.82) is 0 Å². The zero-order valence-electron chi connectivity index (χ0n) is 10.9. The molecule has 0 saturated heterocycles. The third-order valence-electron chi connectivity index (χ3n) is 2.72. The second-order valence-corrected chi connectivity index (χ2v) is 5.56. The summed E-state index contributed by atoms with van der Waals surface area (Å²) in [5, 5.41) is 9.36. The topological polar surface area (TPSA) is 46.5 Å². The molecule has 5 heteroatoms. The van der Waals surface area contributed by atoms with Crippen molar-refractivity contribution in [3.63, 3.8) is 0 Å². The molecule has 0 heterocycles.